The van der Waals surface area contributed by atoms with Gasteiger partial charge in [-0.1, -0.05) is 22.0 Å². The van der Waals surface area contributed by atoms with Crippen molar-refractivity contribution in [2.75, 3.05) is 0 Å². The van der Waals surface area contributed by atoms with Gasteiger partial charge in [-0.2, -0.15) is 0 Å². The van der Waals surface area contributed by atoms with Crippen LogP contribution in [0.1, 0.15) is 24.0 Å². The first-order valence-corrected chi connectivity index (χ1v) is 5.67. The van der Waals surface area contributed by atoms with Crippen molar-refractivity contribution < 1.29 is 4.79 Å². The smallest absolute Gasteiger partial charge is 0.244 e. The summed E-state index contributed by atoms with van der Waals surface area (Å²) in [6, 6.07) is 6.01. The number of carbonyl (C=O) groups excluding carboxylic acids is 1. The van der Waals surface area contributed by atoms with Crippen molar-refractivity contribution in [3.63, 3.8) is 0 Å². The van der Waals surface area contributed by atoms with E-state index in [9.17, 15) is 4.79 Å². The molecule has 80 valence electrons. The monoisotopic (exact) mass is 268 g/mol. The van der Waals surface area contributed by atoms with E-state index in [0.717, 1.165) is 28.4 Å². The van der Waals surface area contributed by atoms with Crippen LogP contribution in [0.25, 0.3) is 0 Å². The number of benzene rings is 1. The van der Waals surface area contributed by atoms with Gasteiger partial charge >= 0.3 is 0 Å². The summed E-state index contributed by atoms with van der Waals surface area (Å²) in [5, 5.41) is 0. The molecular weight excluding hydrogens is 256 g/mol. The van der Waals surface area contributed by atoms with Crippen molar-refractivity contribution in [2.24, 2.45) is 5.84 Å². The molecule has 0 aromatic heterocycles. The fourth-order valence-corrected chi connectivity index (χ4v) is 2.35. The highest BCUT2D eigenvalue weighted by molar-refractivity contribution is 9.10. The van der Waals surface area contributed by atoms with Crippen molar-refractivity contribution in [2.45, 2.75) is 25.2 Å². The van der Waals surface area contributed by atoms with E-state index in [1.807, 2.05) is 25.1 Å². The second-order valence-electron chi connectivity index (χ2n) is 4.01. The van der Waals surface area contributed by atoms with Crippen LogP contribution in [0.4, 0.5) is 0 Å². The lowest BCUT2D eigenvalue weighted by atomic mass is 9.91. The molecule has 1 aliphatic carbocycles. The first kappa shape index (κ1) is 10.6. The number of carbonyl (C=O) groups is 1. The Hall–Kier alpha value is -0.870. The van der Waals surface area contributed by atoms with Gasteiger partial charge < -0.3 is 0 Å². The van der Waals surface area contributed by atoms with E-state index in [4.69, 9.17) is 5.84 Å². The minimum absolute atomic E-state index is 0.0799. The minimum atomic E-state index is -0.372. The standard InChI is InChI=1S/C11H13BrN2O/c1-7-2-3-8(12)6-9(7)11(4-5-11)10(15)14-13/h2-3,6H,4-5,13H2,1H3,(H,14,15). The molecule has 0 aliphatic heterocycles. The van der Waals surface area contributed by atoms with Crippen LogP contribution < -0.4 is 11.3 Å². The molecule has 4 heteroatoms. The van der Waals surface area contributed by atoms with Crippen LogP contribution in [-0.4, -0.2) is 5.91 Å². The summed E-state index contributed by atoms with van der Waals surface area (Å²) < 4.78 is 0.999. The van der Waals surface area contributed by atoms with Gasteiger partial charge in [-0.05, 0) is 43.0 Å². The Bertz CT molecular complexity index is 413. The van der Waals surface area contributed by atoms with Crippen molar-refractivity contribution in [3.8, 4) is 0 Å². The zero-order chi connectivity index (χ0) is 11.1. The SMILES string of the molecule is Cc1ccc(Br)cc1C1(C(=O)NN)CC1. The Labute approximate surface area is 97.1 Å². The number of halogens is 1. The summed E-state index contributed by atoms with van der Waals surface area (Å²) >= 11 is 3.42. The molecule has 0 atom stereocenters. The third kappa shape index (κ3) is 1.68. The van der Waals surface area contributed by atoms with Crippen molar-refractivity contribution >= 4 is 21.8 Å². The maximum absolute atomic E-state index is 11.7. The van der Waals surface area contributed by atoms with Gasteiger partial charge in [-0.25, -0.2) is 5.84 Å². The lowest BCUT2D eigenvalue weighted by molar-refractivity contribution is -0.123. The third-order valence-electron chi connectivity index (χ3n) is 3.03. The number of aryl methyl sites for hydroxylation is 1. The van der Waals surface area contributed by atoms with Gasteiger partial charge in [0.1, 0.15) is 0 Å². The molecule has 0 bridgehead atoms. The number of nitrogens with one attached hydrogen (secondary N) is 1. The molecule has 0 unspecified atom stereocenters. The van der Waals surface area contributed by atoms with E-state index in [2.05, 4.69) is 21.4 Å². The number of amides is 1. The highest BCUT2D eigenvalue weighted by Gasteiger charge is 2.51. The second kappa shape index (κ2) is 3.61. The molecule has 0 saturated heterocycles. The zero-order valence-electron chi connectivity index (χ0n) is 8.51. The van der Waals surface area contributed by atoms with E-state index in [1.54, 1.807) is 0 Å². The van der Waals surface area contributed by atoms with Crippen LogP contribution >= 0.6 is 15.9 Å². The van der Waals surface area contributed by atoms with Gasteiger partial charge in [0.15, 0.2) is 0 Å². The van der Waals surface area contributed by atoms with Crippen LogP contribution in [0, 0.1) is 6.92 Å². The van der Waals surface area contributed by atoms with Crippen LogP contribution in [0.3, 0.4) is 0 Å². The number of hydrogen-bond acceptors (Lipinski definition) is 2. The largest absolute Gasteiger partial charge is 0.293 e. The molecule has 2 rings (SSSR count). The van der Waals surface area contributed by atoms with Gasteiger partial charge in [0, 0.05) is 4.47 Å². The molecular formula is C11H13BrN2O. The summed E-state index contributed by atoms with van der Waals surface area (Å²) in [5.41, 5.74) is 4.11. The van der Waals surface area contributed by atoms with Gasteiger partial charge in [0.05, 0.1) is 5.41 Å². The van der Waals surface area contributed by atoms with Crippen LogP contribution in [0.2, 0.25) is 0 Å². The average Bonchev–Trinajstić information content (AvgIpc) is 3.01. The quantitative estimate of drug-likeness (QED) is 0.488. The number of nitrogens with two attached hydrogens (primary N) is 1. The lowest BCUT2D eigenvalue weighted by Gasteiger charge is -2.16. The van der Waals surface area contributed by atoms with Crippen LogP contribution in [0.15, 0.2) is 22.7 Å². The van der Waals surface area contributed by atoms with Gasteiger partial charge in [-0.15, -0.1) is 0 Å². The van der Waals surface area contributed by atoms with Crippen molar-refractivity contribution in [1.82, 2.24) is 5.43 Å². The average molecular weight is 269 g/mol. The second-order valence-corrected chi connectivity index (χ2v) is 4.93. The Morgan fingerprint density at radius 3 is 2.73 bits per heavy atom. The van der Waals surface area contributed by atoms with E-state index in [-0.39, 0.29) is 11.3 Å². The number of hydrazine groups is 1. The van der Waals surface area contributed by atoms with E-state index < -0.39 is 0 Å². The summed E-state index contributed by atoms with van der Waals surface area (Å²) in [5.74, 6) is 5.13. The first-order chi connectivity index (χ1) is 7.10. The van der Waals surface area contributed by atoms with E-state index >= 15 is 0 Å². The van der Waals surface area contributed by atoms with Crippen molar-refractivity contribution in [1.29, 1.82) is 0 Å². The molecule has 3 nitrogen and oxygen atoms in total. The molecule has 1 aromatic carbocycles. The Morgan fingerprint density at radius 1 is 1.53 bits per heavy atom. The number of hydrogen-bond donors (Lipinski definition) is 2. The Balaban J connectivity index is 2.45. The minimum Gasteiger partial charge on any atom is -0.293 e. The molecule has 1 fully saturated rings. The molecule has 15 heavy (non-hydrogen) atoms. The Kier molecular flexibility index (Phi) is 2.56. The van der Waals surface area contributed by atoms with Gasteiger partial charge in [0.2, 0.25) is 5.91 Å². The first-order valence-electron chi connectivity index (χ1n) is 4.88. The molecule has 1 saturated carbocycles. The summed E-state index contributed by atoms with van der Waals surface area (Å²) in [7, 11) is 0. The Morgan fingerprint density at radius 2 is 2.20 bits per heavy atom. The van der Waals surface area contributed by atoms with E-state index in [0.29, 0.717) is 0 Å². The predicted octanol–water partition coefficient (Wildman–Crippen LogP) is 1.78. The number of rotatable bonds is 2. The topological polar surface area (TPSA) is 55.1 Å². The molecule has 1 aromatic rings. The highest BCUT2D eigenvalue weighted by Crippen LogP contribution is 2.49. The molecule has 0 radical (unpaired) electrons. The highest BCUT2D eigenvalue weighted by atomic mass is 79.9. The summed E-state index contributed by atoms with van der Waals surface area (Å²) in [6.07, 6.45) is 1.76. The van der Waals surface area contributed by atoms with Gasteiger partial charge in [0.25, 0.3) is 0 Å². The van der Waals surface area contributed by atoms with Crippen LogP contribution in [0.5, 0.6) is 0 Å². The summed E-state index contributed by atoms with van der Waals surface area (Å²) in [4.78, 5) is 11.7. The van der Waals surface area contributed by atoms with Crippen molar-refractivity contribution in [3.05, 3.63) is 33.8 Å². The maximum atomic E-state index is 11.7. The maximum Gasteiger partial charge on any atom is 0.244 e. The van der Waals surface area contributed by atoms with Gasteiger partial charge in [-0.3, -0.25) is 10.2 Å². The lowest BCUT2D eigenvalue weighted by Crippen LogP contribution is -2.39. The normalized spacial score (nSPS) is 17.3. The molecule has 1 aliphatic rings. The molecule has 3 N–H and O–H groups in total. The fourth-order valence-electron chi connectivity index (χ4n) is 1.99. The summed E-state index contributed by atoms with van der Waals surface area (Å²) in [6.45, 7) is 2.02. The van der Waals surface area contributed by atoms with Crippen LogP contribution in [-0.2, 0) is 10.2 Å². The van der Waals surface area contributed by atoms with E-state index in [1.165, 1.54) is 0 Å². The zero-order valence-corrected chi connectivity index (χ0v) is 10.1. The third-order valence-corrected chi connectivity index (χ3v) is 3.52. The predicted molar refractivity (Wildman–Crippen MR) is 62.1 cm³/mol. The molecule has 0 heterocycles. The molecule has 0 spiro atoms. The fraction of sp³-hybridized carbons (Fsp3) is 0.364. The molecule has 1 amide bonds.